The molecule has 0 heterocycles. The number of carbonyl (C=O) groups excluding carboxylic acids is 3. The van der Waals surface area contributed by atoms with Gasteiger partial charge in [0.2, 0.25) is 6.41 Å². The van der Waals surface area contributed by atoms with Crippen molar-refractivity contribution in [2.24, 2.45) is 0 Å². The number of benzene rings is 1. The zero-order chi connectivity index (χ0) is 29.7. The van der Waals surface area contributed by atoms with Crippen LogP contribution in [0.1, 0.15) is 82.0 Å². The number of methoxy groups -OCH3 is 1. The van der Waals surface area contributed by atoms with Gasteiger partial charge in [-0.1, -0.05) is 70.4 Å². The predicted molar refractivity (Wildman–Crippen MR) is 156 cm³/mol. The summed E-state index contributed by atoms with van der Waals surface area (Å²) < 4.78 is 4.67. The average Bonchev–Trinajstić information content (AvgIpc) is 3.14. The fraction of sp³-hybridized carbons (Fsp3) is 0.643. The number of hydrogen-bond acceptors (Lipinski definition) is 7. The van der Waals surface area contributed by atoms with Crippen LogP contribution in [-0.2, 0) is 14.3 Å². The van der Waals surface area contributed by atoms with Crippen molar-refractivity contribution < 1.29 is 29.3 Å². The molecule has 1 aromatic carbocycles. The second kappa shape index (κ2) is 21.3. The summed E-state index contributed by atoms with van der Waals surface area (Å²) in [6.45, 7) is 5.01. The summed E-state index contributed by atoms with van der Waals surface area (Å²) in [5, 5.41) is 31.9. The number of likely N-dealkylation sites (N-methyl/N-ethyl adjacent to an activating group) is 1. The van der Waals surface area contributed by atoms with Crippen LogP contribution in [0.3, 0.4) is 0 Å². The minimum absolute atomic E-state index is 0.183. The summed E-state index contributed by atoms with van der Waals surface area (Å²) in [6.07, 6.45) is 10.2. The van der Waals surface area contributed by atoms with Crippen LogP contribution in [0, 0.1) is 5.41 Å². The molecule has 0 aromatic heterocycles. The van der Waals surface area contributed by atoms with Gasteiger partial charge in [-0.2, -0.15) is 0 Å². The van der Waals surface area contributed by atoms with E-state index in [1.54, 1.807) is 12.1 Å². The highest BCUT2D eigenvalue weighted by Crippen LogP contribution is 2.27. The number of nitrogens with one attached hydrogen (secondary N) is 3. The standard InChI is InChI=1S/C16H21ClN2O3.C7H14N2O3.C5H12/c17-14-6-5-12(19-11-20)9-13(14)15(21)18-10-16(22)7-3-1-2-4-8-16;1-9(7(11)3-8)4-6(10)5-12-2;1-3-5-4-2/h5-6,9,11,22H,1-4,7-8,10H2,(H,18,21)(H,19,20);3,6,8,10H,4-5H2,1-2H3;3-5H2,1-2H3/t;6-;/m.1./s1. The van der Waals surface area contributed by atoms with E-state index >= 15 is 0 Å². The molecule has 222 valence electrons. The minimum atomic E-state index is -0.836. The Kier molecular flexibility index (Phi) is 19.9. The molecule has 1 aliphatic rings. The van der Waals surface area contributed by atoms with Crippen LogP contribution >= 0.6 is 11.6 Å². The summed E-state index contributed by atoms with van der Waals surface area (Å²) in [5.41, 5.74) is -0.0550. The van der Waals surface area contributed by atoms with Crippen molar-refractivity contribution in [2.45, 2.75) is 83.3 Å². The number of unbranched alkanes of at least 4 members (excludes halogenated alkanes) is 2. The molecular weight excluding hydrogens is 524 g/mol. The van der Waals surface area contributed by atoms with Gasteiger partial charge in [0.15, 0.2) is 0 Å². The molecule has 0 bridgehead atoms. The molecule has 0 spiro atoms. The van der Waals surface area contributed by atoms with Gasteiger partial charge in [0.25, 0.3) is 11.8 Å². The quantitative estimate of drug-likeness (QED) is 0.145. The van der Waals surface area contributed by atoms with Gasteiger partial charge in [-0.3, -0.25) is 14.4 Å². The first kappa shape index (κ1) is 36.5. The van der Waals surface area contributed by atoms with E-state index in [0.29, 0.717) is 36.2 Å². The Bertz CT molecular complexity index is 860. The fourth-order valence-corrected chi connectivity index (χ4v) is 4.08. The van der Waals surface area contributed by atoms with E-state index in [-0.39, 0.29) is 31.2 Å². The van der Waals surface area contributed by atoms with Crippen molar-refractivity contribution in [1.29, 1.82) is 5.41 Å². The van der Waals surface area contributed by atoms with E-state index in [4.69, 9.17) is 22.1 Å². The third-order valence-corrected chi connectivity index (χ3v) is 6.43. The number of nitrogens with zero attached hydrogens (tertiary/aromatic N) is 1. The number of halogens is 1. The van der Waals surface area contributed by atoms with E-state index < -0.39 is 17.6 Å². The van der Waals surface area contributed by atoms with Crippen molar-refractivity contribution in [3.8, 4) is 0 Å². The van der Waals surface area contributed by atoms with Crippen LogP contribution in [0.5, 0.6) is 0 Å². The number of hydrogen-bond donors (Lipinski definition) is 5. The van der Waals surface area contributed by atoms with Gasteiger partial charge in [-0.15, -0.1) is 0 Å². The molecule has 0 unspecified atom stereocenters. The highest BCUT2D eigenvalue weighted by atomic mass is 35.5. The predicted octanol–water partition coefficient (Wildman–Crippen LogP) is 4.02. The second-order valence-corrected chi connectivity index (χ2v) is 10.0. The summed E-state index contributed by atoms with van der Waals surface area (Å²) in [7, 11) is 2.99. The van der Waals surface area contributed by atoms with E-state index in [9.17, 15) is 19.5 Å². The topological polar surface area (TPSA) is 152 Å². The lowest BCUT2D eigenvalue weighted by molar-refractivity contribution is -0.124. The molecular formula is C28H47ClN4O6. The monoisotopic (exact) mass is 570 g/mol. The molecule has 1 fully saturated rings. The Balaban J connectivity index is 0.000000714. The van der Waals surface area contributed by atoms with Crippen LogP contribution in [0.25, 0.3) is 0 Å². The Morgan fingerprint density at radius 2 is 1.82 bits per heavy atom. The normalized spacial score (nSPS) is 14.6. The lowest BCUT2D eigenvalue weighted by Gasteiger charge is -2.26. The molecule has 0 saturated heterocycles. The first-order valence-corrected chi connectivity index (χ1v) is 13.9. The molecule has 0 radical (unpaired) electrons. The van der Waals surface area contributed by atoms with Crippen molar-refractivity contribution in [3.63, 3.8) is 0 Å². The van der Waals surface area contributed by atoms with Crippen molar-refractivity contribution in [1.82, 2.24) is 10.2 Å². The van der Waals surface area contributed by atoms with Gasteiger partial charge in [0.1, 0.15) is 0 Å². The lowest BCUT2D eigenvalue weighted by Crippen LogP contribution is -2.42. The minimum Gasteiger partial charge on any atom is -0.389 e. The maximum atomic E-state index is 12.3. The Morgan fingerprint density at radius 3 is 2.31 bits per heavy atom. The third-order valence-electron chi connectivity index (χ3n) is 6.10. The Hall–Kier alpha value is -2.53. The van der Waals surface area contributed by atoms with Gasteiger partial charge < -0.3 is 35.9 Å². The molecule has 10 nitrogen and oxygen atoms in total. The molecule has 2 rings (SSSR count). The highest BCUT2D eigenvalue weighted by molar-refractivity contribution is 6.34. The van der Waals surface area contributed by atoms with Gasteiger partial charge in [0.05, 0.1) is 35.1 Å². The molecule has 5 N–H and O–H groups in total. The van der Waals surface area contributed by atoms with Crippen LogP contribution in [0.2, 0.25) is 5.02 Å². The molecule has 11 heteroatoms. The second-order valence-electron chi connectivity index (χ2n) is 9.60. The van der Waals surface area contributed by atoms with E-state index in [1.807, 2.05) is 0 Å². The maximum absolute atomic E-state index is 12.3. The molecule has 1 atom stereocenters. The average molecular weight is 571 g/mol. The Morgan fingerprint density at radius 1 is 1.21 bits per heavy atom. The maximum Gasteiger partial charge on any atom is 0.264 e. The van der Waals surface area contributed by atoms with Crippen LogP contribution < -0.4 is 10.6 Å². The molecule has 1 aromatic rings. The van der Waals surface area contributed by atoms with Crippen molar-refractivity contribution in [2.75, 3.05) is 39.2 Å². The summed E-state index contributed by atoms with van der Waals surface area (Å²) in [4.78, 5) is 34.8. The number of amides is 3. The van der Waals surface area contributed by atoms with Crippen LogP contribution in [-0.4, -0.2) is 85.1 Å². The summed E-state index contributed by atoms with van der Waals surface area (Å²) in [5.74, 6) is -0.776. The molecule has 1 aliphatic carbocycles. The number of ether oxygens (including phenoxy) is 1. The van der Waals surface area contributed by atoms with Crippen molar-refractivity contribution in [3.05, 3.63) is 28.8 Å². The number of carbonyl (C=O) groups is 3. The Labute approximate surface area is 238 Å². The number of aliphatic hydroxyl groups excluding tert-OH is 1. The van der Waals surface area contributed by atoms with Gasteiger partial charge >= 0.3 is 0 Å². The van der Waals surface area contributed by atoms with Crippen LogP contribution in [0.4, 0.5) is 5.69 Å². The summed E-state index contributed by atoms with van der Waals surface area (Å²) in [6, 6.07) is 4.69. The third kappa shape index (κ3) is 16.2. The zero-order valence-electron chi connectivity index (χ0n) is 23.8. The largest absolute Gasteiger partial charge is 0.389 e. The van der Waals surface area contributed by atoms with Gasteiger partial charge in [0, 0.05) is 32.9 Å². The summed E-state index contributed by atoms with van der Waals surface area (Å²) >= 11 is 6.03. The van der Waals surface area contributed by atoms with Gasteiger partial charge in [-0.25, -0.2) is 0 Å². The number of rotatable bonds is 12. The highest BCUT2D eigenvalue weighted by Gasteiger charge is 2.28. The van der Waals surface area contributed by atoms with E-state index in [2.05, 4.69) is 29.2 Å². The van der Waals surface area contributed by atoms with Crippen LogP contribution in [0.15, 0.2) is 18.2 Å². The number of anilines is 1. The SMILES string of the molecule is CCCCC.COC[C@H](O)CN(C)C(=O)C=N.O=CNc1ccc(Cl)c(C(=O)NCC2(O)CCCCCC2)c1. The van der Waals surface area contributed by atoms with Gasteiger partial charge in [-0.05, 0) is 31.0 Å². The molecule has 3 amide bonds. The fourth-order valence-electron chi connectivity index (χ4n) is 3.88. The lowest BCUT2D eigenvalue weighted by atomic mass is 9.94. The van der Waals surface area contributed by atoms with Crippen molar-refractivity contribution >= 4 is 41.7 Å². The van der Waals surface area contributed by atoms with E-state index in [1.165, 1.54) is 44.4 Å². The molecule has 1 saturated carbocycles. The first-order valence-electron chi connectivity index (χ1n) is 13.5. The zero-order valence-corrected chi connectivity index (χ0v) is 24.6. The number of aliphatic hydroxyl groups is 2. The first-order chi connectivity index (χ1) is 18.6. The van der Waals surface area contributed by atoms with E-state index in [0.717, 1.165) is 25.7 Å². The smallest absolute Gasteiger partial charge is 0.264 e. The molecule has 0 aliphatic heterocycles. The molecule has 39 heavy (non-hydrogen) atoms.